The van der Waals surface area contributed by atoms with Gasteiger partial charge in [-0.2, -0.15) is 18.3 Å². The van der Waals surface area contributed by atoms with Crippen molar-refractivity contribution in [1.29, 1.82) is 0 Å². The molecule has 0 aliphatic carbocycles. The van der Waals surface area contributed by atoms with E-state index in [9.17, 15) is 22.4 Å². The molecule has 2 heterocycles. The summed E-state index contributed by atoms with van der Waals surface area (Å²) in [7, 11) is 0. The van der Waals surface area contributed by atoms with Crippen molar-refractivity contribution in [2.24, 2.45) is 0 Å². The Labute approximate surface area is 167 Å². The van der Waals surface area contributed by atoms with Gasteiger partial charge < -0.3 is 0 Å². The fourth-order valence-electron chi connectivity index (χ4n) is 2.60. The Balaban J connectivity index is 1.69. The molecule has 0 aliphatic heterocycles. The summed E-state index contributed by atoms with van der Waals surface area (Å²) in [6, 6.07) is 3.76. The third-order valence-electron chi connectivity index (χ3n) is 4.08. The molecule has 1 N–H and O–H groups in total. The van der Waals surface area contributed by atoms with Crippen molar-refractivity contribution >= 4 is 23.5 Å². The number of carbonyl (C=O) groups is 1. The second-order valence-corrected chi connectivity index (χ2v) is 6.69. The van der Waals surface area contributed by atoms with Crippen LogP contribution in [0, 0.1) is 12.7 Å². The maximum absolute atomic E-state index is 13.1. The van der Waals surface area contributed by atoms with E-state index in [-0.39, 0.29) is 23.2 Å². The summed E-state index contributed by atoms with van der Waals surface area (Å²) >= 11 is 5.97. The van der Waals surface area contributed by atoms with Crippen LogP contribution in [0.1, 0.15) is 29.9 Å². The van der Waals surface area contributed by atoms with Crippen molar-refractivity contribution in [2.75, 3.05) is 5.32 Å². The third-order valence-corrected chi connectivity index (χ3v) is 4.43. The standard InChI is InChI=1S/C17H15ClF4N6O/c1-9-5-14(17(20,21)22)25-28(9)10(2)15(29)24-16-23-8-27(26-16)7-11-3-4-12(19)6-13(11)18/h3-6,8,10H,7H2,1-2H3,(H,24,26,29). The Morgan fingerprint density at radius 1 is 1.28 bits per heavy atom. The van der Waals surface area contributed by atoms with Crippen LogP contribution in [0.2, 0.25) is 5.02 Å². The first kappa shape index (κ1) is 20.8. The van der Waals surface area contributed by atoms with Gasteiger partial charge in [-0.1, -0.05) is 17.7 Å². The summed E-state index contributed by atoms with van der Waals surface area (Å²) in [6.45, 7) is 3.01. The Hall–Kier alpha value is -2.95. The molecule has 1 aromatic carbocycles. The molecule has 0 saturated carbocycles. The van der Waals surface area contributed by atoms with Gasteiger partial charge in [0.25, 0.3) is 5.91 Å². The van der Waals surface area contributed by atoms with Crippen LogP contribution in [0.25, 0.3) is 0 Å². The Bertz CT molecular complexity index is 1040. The lowest BCUT2D eigenvalue weighted by Gasteiger charge is -2.13. The van der Waals surface area contributed by atoms with Gasteiger partial charge in [-0.25, -0.2) is 14.1 Å². The van der Waals surface area contributed by atoms with E-state index in [2.05, 4.69) is 20.5 Å². The summed E-state index contributed by atoms with van der Waals surface area (Å²) < 4.78 is 53.8. The van der Waals surface area contributed by atoms with Gasteiger partial charge in [-0.15, -0.1) is 5.10 Å². The second kappa shape index (κ2) is 7.82. The van der Waals surface area contributed by atoms with E-state index in [1.165, 1.54) is 43.1 Å². The minimum atomic E-state index is -4.60. The molecule has 0 fully saturated rings. The molecule has 7 nitrogen and oxygen atoms in total. The smallest absolute Gasteiger partial charge is 0.291 e. The summed E-state index contributed by atoms with van der Waals surface area (Å²) in [5, 5.41) is 10.2. The van der Waals surface area contributed by atoms with Crippen molar-refractivity contribution in [3.8, 4) is 0 Å². The zero-order chi connectivity index (χ0) is 21.3. The number of hydrogen-bond acceptors (Lipinski definition) is 4. The number of aryl methyl sites for hydroxylation is 1. The summed E-state index contributed by atoms with van der Waals surface area (Å²) in [5.41, 5.74) is -0.297. The van der Waals surface area contributed by atoms with E-state index >= 15 is 0 Å². The normalized spacial score (nSPS) is 12.8. The monoisotopic (exact) mass is 430 g/mol. The average Bonchev–Trinajstić information content (AvgIpc) is 3.23. The van der Waals surface area contributed by atoms with Gasteiger partial charge in [0, 0.05) is 10.7 Å². The molecule has 29 heavy (non-hydrogen) atoms. The fraction of sp³-hybridized carbons (Fsp3) is 0.294. The van der Waals surface area contributed by atoms with Crippen molar-refractivity contribution < 1.29 is 22.4 Å². The molecule has 12 heteroatoms. The molecule has 0 radical (unpaired) electrons. The molecule has 2 aromatic heterocycles. The van der Waals surface area contributed by atoms with Crippen LogP contribution < -0.4 is 5.32 Å². The van der Waals surface area contributed by atoms with Gasteiger partial charge in [0.05, 0.1) is 6.54 Å². The van der Waals surface area contributed by atoms with Crippen LogP contribution in [-0.4, -0.2) is 30.5 Å². The zero-order valence-corrected chi connectivity index (χ0v) is 16.0. The average molecular weight is 431 g/mol. The van der Waals surface area contributed by atoms with Gasteiger partial charge in [0.15, 0.2) is 5.69 Å². The number of anilines is 1. The van der Waals surface area contributed by atoms with Crippen LogP contribution in [0.4, 0.5) is 23.5 Å². The number of nitrogens with zero attached hydrogens (tertiary/aromatic N) is 5. The molecule has 3 aromatic rings. The van der Waals surface area contributed by atoms with Crippen molar-refractivity contribution in [1.82, 2.24) is 24.5 Å². The highest BCUT2D eigenvalue weighted by atomic mass is 35.5. The number of alkyl halides is 3. The number of rotatable bonds is 5. The fourth-order valence-corrected chi connectivity index (χ4v) is 2.82. The number of aromatic nitrogens is 5. The van der Waals surface area contributed by atoms with Crippen LogP contribution in [0.3, 0.4) is 0 Å². The van der Waals surface area contributed by atoms with Crippen LogP contribution in [0.5, 0.6) is 0 Å². The van der Waals surface area contributed by atoms with Crippen molar-refractivity contribution in [2.45, 2.75) is 32.6 Å². The SMILES string of the molecule is Cc1cc(C(F)(F)F)nn1C(C)C(=O)Nc1ncn(Cc2ccc(F)cc2Cl)n1. The molecule has 3 rings (SSSR count). The first-order chi connectivity index (χ1) is 13.5. The molecule has 1 amide bonds. The van der Waals surface area contributed by atoms with E-state index in [0.717, 1.165) is 10.7 Å². The minimum Gasteiger partial charge on any atom is -0.291 e. The number of halogens is 5. The minimum absolute atomic E-state index is 0.0408. The van der Waals surface area contributed by atoms with E-state index < -0.39 is 29.6 Å². The second-order valence-electron chi connectivity index (χ2n) is 6.28. The highest BCUT2D eigenvalue weighted by Crippen LogP contribution is 2.29. The zero-order valence-electron chi connectivity index (χ0n) is 15.2. The van der Waals surface area contributed by atoms with E-state index in [1.807, 2.05) is 0 Å². The van der Waals surface area contributed by atoms with E-state index in [4.69, 9.17) is 11.6 Å². The number of carbonyl (C=O) groups excluding carboxylic acids is 1. The van der Waals surface area contributed by atoms with Gasteiger partial charge in [-0.3, -0.25) is 14.8 Å². The number of benzene rings is 1. The molecular formula is C17H15ClF4N6O. The highest BCUT2D eigenvalue weighted by Gasteiger charge is 2.35. The third kappa shape index (κ3) is 4.73. The lowest BCUT2D eigenvalue weighted by Crippen LogP contribution is -2.26. The largest absolute Gasteiger partial charge is 0.435 e. The van der Waals surface area contributed by atoms with Crippen molar-refractivity contribution in [3.05, 3.63) is 58.4 Å². The molecule has 1 atom stereocenters. The predicted molar refractivity (Wildman–Crippen MR) is 95.8 cm³/mol. The van der Waals surface area contributed by atoms with Crippen LogP contribution in [-0.2, 0) is 17.5 Å². The summed E-state index contributed by atoms with van der Waals surface area (Å²) in [4.78, 5) is 16.3. The quantitative estimate of drug-likeness (QED) is 0.624. The predicted octanol–water partition coefficient (Wildman–Crippen LogP) is 3.84. The van der Waals surface area contributed by atoms with Crippen LogP contribution in [0.15, 0.2) is 30.6 Å². The Morgan fingerprint density at radius 2 is 2.00 bits per heavy atom. The number of nitrogens with one attached hydrogen (secondary N) is 1. The van der Waals surface area contributed by atoms with E-state index in [0.29, 0.717) is 5.56 Å². The highest BCUT2D eigenvalue weighted by molar-refractivity contribution is 6.31. The van der Waals surface area contributed by atoms with Crippen molar-refractivity contribution in [3.63, 3.8) is 0 Å². The van der Waals surface area contributed by atoms with Gasteiger partial charge in [0.1, 0.15) is 18.2 Å². The first-order valence-corrected chi connectivity index (χ1v) is 8.70. The lowest BCUT2D eigenvalue weighted by atomic mass is 10.2. The van der Waals surface area contributed by atoms with Crippen LogP contribution >= 0.6 is 11.6 Å². The Kier molecular flexibility index (Phi) is 5.60. The molecule has 154 valence electrons. The summed E-state index contributed by atoms with van der Waals surface area (Å²) in [5.74, 6) is -1.15. The molecule has 0 bridgehead atoms. The first-order valence-electron chi connectivity index (χ1n) is 8.32. The number of hydrogen-bond donors (Lipinski definition) is 1. The van der Waals surface area contributed by atoms with Gasteiger partial charge in [0.2, 0.25) is 5.95 Å². The molecule has 0 saturated heterocycles. The number of amides is 1. The Morgan fingerprint density at radius 3 is 2.62 bits per heavy atom. The molecule has 0 spiro atoms. The van der Waals surface area contributed by atoms with Gasteiger partial charge >= 0.3 is 6.18 Å². The lowest BCUT2D eigenvalue weighted by molar-refractivity contribution is -0.141. The maximum atomic E-state index is 13.1. The van der Waals surface area contributed by atoms with E-state index in [1.54, 1.807) is 0 Å². The molecule has 0 aliphatic rings. The molecular weight excluding hydrogens is 416 g/mol. The van der Waals surface area contributed by atoms with Gasteiger partial charge in [-0.05, 0) is 37.6 Å². The maximum Gasteiger partial charge on any atom is 0.435 e. The summed E-state index contributed by atoms with van der Waals surface area (Å²) in [6.07, 6.45) is -3.27. The topological polar surface area (TPSA) is 77.6 Å². The molecule has 1 unspecified atom stereocenters.